The van der Waals surface area contributed by atoms with Gasteiger partial charge < -0.3 is 0 Å². The van der Waals surface area contributed by atoms with Crippen LogP contribution in [0.2, 0.25) is 0 Å². The molecule has 3 nitrogen and oxygen atoms in total. The molecular formula is C5H11NO2S. The summed E-state index contributed by atoms with van der Waals surface area (Å²) in [5.74, 6) is 0. The largest absolute Gasteiger partial charge is 0.281 e. The van der Waals surface area contributed by atoms with E-state index in [-0.39, 0.29) is 0 Å². The fraction of sp³-hybridized carbons (Fsp3) is 1.00. The minimum atomic E-state index is -1.17. The van der Waals surface area contributed by atoms with Crippen molar-refractivity contribution >= 4 is 11.3 Å². The SMILES string of the molecule is COS(=O)N1CCCC1. The van der Waals surface area contributed by atoms with Crippen LogP contribution in [0.25, 0.3) is 0 Å². The summed E-state index contributed by atoms with van der Waals surface area (Å²) in [7, 11) is 1.47. The highest BCUT2D eigenvalue weighted by Crippen LogP contribution is 2.09. The molecule has 1 unspecified atom stereocenters. The molecule has 4 heteroatoms. The van der Waals surface area contributed by atoms with Gasteiger partial charge in [-0.2, -0.15) is 0 Å². The Morgan fingerprint density at radius 2 is 2.00 bits per heavy atom. The molecule has 1 aliphatic rings. The fourth-order valence-electron chi connectivity index (χ4n) is 0.943. The van der Waals surface area contributed by atoms with Crippen molar-refractivity contribution in [3.8, 4) is 0 Å². The van der Waals surface area contributed by atoms with Gasteiger partial charge in [-0.05, 0) is 12.8 Å². The predicted octanol–water partition coefficient (Wildman–Crippen LogP) is 0.307. The zero-order valence-electron chi connectivity index (χ0n) is 5.50. The van der Waals surface area contributed by atoms with Crippen LogP contribution in [0.3, 0.4) is 0 Å². The lowest BCUT2D eigenvalue weighted by molar-refractivity contribution is 0.386. The van der Waals surface area contributed by atoms with Crippen molar-refractivity contribution in [2.45, 2.75) is 12.8 Å². The Morgan fingerprint density at radius 3 is 2.44 bits per heavy atom. The molecule has 0 N–H and O–H groups in total. The number of hydrogen-bond acceptors (Lipinski definition) is 2. The van der Waals surface area contributed by atoms with Crippen molar-refractivity contribution in [3.63, 3.8) is 0 Å². The maximum Gasteiger partial charge on any atom is 0.236 e. The van der Waals surface area contributed by atoms with E-state index < -0.39 is 11.3 Å². The Labute approximate surface area is 57.8 Å². The molecule has 9 heavy (non-hydrogen) atoms. The van der Waals surface area contributed by atoms with Crippen LogP contribution in [-0.2, 0) is 15.4 Å². The van der Waals surface area contributed by atoms with Crippen molar-refractivity contribution in [3.05, 3.63) is 0 Å². The van der Waals surface area contributed by atoms with Gasteiger partial charge in [-0.25, -0.2) is 8.51 Å². The van der Waals surface area contributed by atoms with Gasteiger partial charge in [0.2, 0.25) is 11.3 Å². The van der Waals surface area contributed by atoms with Gasteiger partial charge in [-0.3, -0.25) is 4.18 Å². The van der Waals surface area contributed by atoms with Crippen molar-refractivity contribution in [1.29, 1.82) is 0 Å². The van der Waals surface area contributed by atoms with Crippen molar-refractivity contribution < 1.29 is 8.39 Å². The van der Waals surface area contributed by atoms with Gasteiger partial charge in [0.1, 0.15) is 0 Å². The second-order valence-corrected chi connectivity index (χ2v) is 3.30. The summed E-state index contributed by atoms with van der Waals surface area (Å²) in [6.07, 6.45) is 2.30. The first-order valence-corrected chi connectivity index (χ1v) is 4.09. The summed E-state index contributed by atoms with van der Waals surface area (Å²) in [4.78, 5) is 0. The Kier molecular flexibility index (Phi) is 2.63. The third kappa shape index (κ3) is 1.74. The zero-order valence-corrected chi connectivity index (χ0v) is 6.32. The average molecular weight is 149 g/mol. The van der Waals surface area contributed by atoms with Gasteiger partial charge in [0.15, 0.2) is 0 Å². The van der Waals surface area contributed by atoms with Gasteiger partial charge in [0.05, 0.1) is 7.11 Å². The smallest absolute Gasteiger partial charge is 0.236 e. The van der Waals surface area contributed by atoms with Crippen LogP contribution >= 0.6 is 0 Å². The molecule has 1 saturated heterocycles. The van der Waals surface area contributed by atoms with Crippen LogP contribution < -0.4 is 0 Å². The van der Waals surface area contributed by atoms with E-state index in [9.17, 15) is 4.21 Å². The van der Waals surface area contributed by atoms with Crippen LogP contribution in [-0.4, -0.2) is 28.7 Å². The van der Waals surface area contributed by atoms with E-state index >= 15 is 0 Å². The highest BCUT2D eigenvalue weighted by molar-refractivity contribution is 7.77. The number of hydrogen-bond donors (Lipinski definition) is 0. The molecule has 1 aliphatic heterocycles. The molecule has 0 bridgehead atoms. The summed E-state index contributed by atoms with van der Waals surface area (Å²) in [6.45, 7) is 1.83. The second-order valence-electron chi connectivity index (χ2n) is 2.02. The Balaban J connectivity index is 2.32. The van der Waals surface area contributed by atoms with Gasteiger partial charge >= 0.3 is 0 Å². The van der Waals surface area contributed by atoms with Crippen molar-refractivity contribution in [2.24, 2.45) is 0 Å². The highest BCUT2D eigenvalue weighted by Gasteiger charge is 2.16. The molecule has 0 saturated carbocycles. The Bertz CT molecular complexity index is 112. The van der Waals surface area contributed by atoms with E-state index in [0.29, 0.717) is 0 Å². The first-order valence-electron chi connectivity index (χ1n) is 3.06. The van der Waals surface area contributed by atoms with Gasteiger partial charge in [-0.1, -0.05) is 0 Å². The fourth-order valence-corrected chi connectivity index (χ4v) is 1.71. The molecule has 0 amide bonds. The summed E-state index contributed by atoms with van der Waals surface area (Å²) in [5, 5.41) is 0. The Hall–Kier alpha value is 0.0700. The summed E-state index contributed by atoms with van der Waals surface area (Å²) in [6, 6.07) is 0. The van der Waals surface area contributed by atoms with Gasteiger partial charge in [0.25, 0.3) is 0 Å². The maximum absolute atomic E-state index is 10.8. The van der Waals surface area contributed by atoms with Gasteiger partial charge in [0, 0.05) is 13.1 Å². The van der Waals surface area contributed by atoms with E-state index in [1.807, 2.05) is 4.31 Å². The summed E-state index contributed by atoms with van der Waals surface area (Å²) >= 11 is -1.17. The first kappa shape index (κ1) is 7.18. The van der Waals surface area contributed by atoms with E-state index in [2.05, 4.69) is 4.18 Å². The zero-order chi connectivity index (χ0) is 6.69. The van der Waals surface area contributed by atoms with Crippen molar-refractivity contribution in [1.82, 2.24) is 4.31 Å². The molecule has 0 radical (unpaired) electrons. The molecule has 1 fully saturated rings. The lowest BCUT2D eigenvalue weighted by atomic mass is 10.4. The van der Waals surface area contributed by atoms with Crippen LogP contribution in [0, 0.1) is 0 Å². The molecule has 0 aromatic heterocycles. The van der Waals surface area contributed by atoms with E-state index in [0.717, 1.165) is 25.9 Å². The summed E-state index contributed by atoms with van der Waals surface area (Å²) < 4.78 is 17.3. The average Bonchev–Trinajstić information content (AvgIpc) is 2.37. The highest BCUT2D eigenvalue weighted by atomic mass is 32.2. The third-order valence-corrected chi connectivity index (χ3v) is 2.49. The molecule has 0 spiro atoms. The topological polar surface area (TPSA) is 29.5 Å². The molecule has 1 rings (SSSR count). The summed E-state index contributed by atoms with van der Waals surface area (Å²) in [5.41, 5.74) is 0. The van der Waals surface area contributed by atoms with Gasteiger partial charge in [-0.15, -0.1) is 0 Å². The standard InChI is InChI=1S/C5H11NO2S/c1-8-9(7)6-4-2-3-5-6/h2-5H2,1H3. The van der Waals surface area contributed by atoms with E-state index in [1.165, 1.54) is 7.11 Å². The number of rotatable bonds is 2. The first-order chi connectivity index (χ1) is 4.34. The molecule has 0 aliphatic carbocycles. The second kappa shape index (κ2) is 3.29. The van der Waals surface area contributed by atoms with Crippen LogP contribution in [0.5, 0.6) is 0 Å². The molecule has 1 heterocycles. The van der Waals surface area contributed by atoms with E-state index in [4.69, 9.17) is 0 Å². The molecule has 54 valence electrons. The monoisotopic (exact) mass is 149 g/mol. The normalized spacial score (nSPS) is 24.6. The molecule has 1 atom stereocenters. The van der Waals surface area contributed by atoms with Crippen LogP contribution in [0.15, 0.2) is 0 Å². The van der Waals surface area contributed by atoms with Crippen molar-refractivity contribution in [2.75, 3.05) is 20.2 Å². The lowest BCUT2D eigenvalue weighted by Gasteiger charge is -2.09. The minimum Gasteiger partial charge on any atom is -0.281 e. The minimum absolute atomic E-state index is 0.917. The molecular weight excluding hydrogens is 138 g/mol. The van der Waals surface area contributed by atoms with Crippen LogP contribution in [0.4, 0.5) is 0 Å². The maximum atomic E-state index is 10.8. The van der Waals surface area contributed by atoms with E-state index in [1.54, 1.807) is 0 Å². The number of nitrogens with zero attached hydrogens (tertiary/aromatic N) is 1. The third-order valence-electron chi connectivity index (χ3n) is 1.42. The Morgan fingerprint density at radius 1 is 1.44 bits per heavy atom. The lowest BCUT2D eigenvalue weighted by Crippen LogP contribution is -2.22. The quantitative estimate of drug-likeness (QED) is 0.565. The predicted molar refractivity (Wildman–Crippen MR) is 36.0 cm³/mol. The molecule has 0 aromatic carbocycles. The molecule has 0 aromatic rings. The van der Waals surface area contributed by atoms with Crippen LogP contribution in [0.1, 0.15) is 12.8 Å².